The van der Waals surface area contributed by atoms with Crippen LogP contribution in [0.25, 0.3) is 22.3 Å². The number of allylic oxidation sites excluding steroid dienone is 1. The van der Waals surface area contributed by atoms with Gasteiger partial charge in [0.1, 0.15) is 0 Å². The molecule has 1 saturated carbocycles. The van der Waals surface area contributed by atoms with Crippen molar-refractivity contribution >= 4 is 0 Å². The van der Waals surface area contributed by atoms with Crippen LogP contribution in [-0.4, -0.2) is 0 Å². The Kier molecular flexibility index (Phi) is 6.42. The Morgan fingerprint density at radius 3 is 1.80 bits per heavy atom. The molecule has 3 aromatic rings. The smallest absolute Gasteiger partial charge is 0.159 e. The van der Waals surface area contributed by atoms with Crippen molar-refractivity contribution in [2.24, 2.45) is 11.8 Å². The number of aryl methyl sites for hydroxylation is 1. The van der Waals surface area contributed by atoms with Gasteiger partial charge >= 0.3 is 0 Å². The number of hydrogen-bond acceptors (Lipinski definition) is 0. The maximum Gasteiger partial charge on any atom is 0.159 e. The molecule has 0 heterocycles. The second-order valence-corrected chi connectivity index (χ2v) is 8.46. The van der Waals surface area contributed by atoms with E-state index in [4.69, 9.17) is 0 Å². The van der Waals surface area contributed by atoms with Gasteiger partial charge in [0.05, 0.1) is 0 Å². The summed E-state index contributed by atoms with van der Waals surface area (Å²) in [6.07, 6.45) is 9.80. The first-order valence-corrected chi connectivity index (χ1v) is 10.9. The molecule has 0 spiro atoms. The van der Waals surface area contributed by atoms with Gasteiger partial charge in [0.2, 0.25) is 0 Å². The van der Waals surface area contributed by atoms with E-state index in [1.807, 2.05) is 24.3 Å². The Labute approximate surface area is 178 Å². The lowest BCUT2D eigenvalue weighted by Crippen LogP contribution is -2.13. The lowest BCUT2D eigenvalue weighted by Gasteiger charge is -2.26. The molecule has 0 amide bonds. The van der Waals surface area contributed by atoms with E-state index in [1.54, 1.807) is 6.07 Å². The molecule has 154 valence electrons. The lowest BCUT2D eigenvalue weighted by molar-refractivity contribution is 0.296. The molecule has 2 heteroatoms. The summed E-state index contributed by atoms with van der Waals surface area (Å²) in [7, 11) is 0. The molecule has 0 nitrogen and oxygen atoms in total. The fourth-order valence-electron chi connectivity index (χ4n) is 4.48. The van der Waals surface area contributed by atoms with Gasteiger partial charge in [0.15, 0.2) is 11.6 Å². The summed E-state index contributed by atoms with van der Waals surface area (Å²) in [6, 6.07) is 20.8. The second kappa shape index (κ2) is 9.38. The van der Waals surface area contributed by atoms with Crippen molar-refractivity contribution in [1.29, 1.82) is 0 Å². The summed E-state index contributed by atoms with van der Waals surface area (Å²) in [4.78, 5) is 0. The maximum atomic E-state index is 13.5. The van der Waals surface area contributed by atoms with E-state index in [1.165, 1.54) is 55.4 Å². The van der Waals surface area contributed by atoms with Crippen LogP contribution >= 0.6 is 0 Å². The van der Waals surface area contributed by atoms with Gasteiger partial charge in [0.25, 0.3) is 0 Å². The van der Waals surface area contributed by atoms with Gasteiger partial charge < -0.3 is 0 Å². The number of benzene rings is 3. The Morgan fingerprint density at radius 1 is 0.700 bits per heavy atom. The highest BCUT2D eigenvalue weighted by Gasteiger charge is 2.18. The van der Waals surface area contributed by atoms with Gasteiger partial charge in [-0.25, -0.2) is 8.78 Å². The molecule has 1 aliphatic carbocycles. The Morgan fingerprint density at radius 2 is 1.23 bits per heavy atom. The van der Waals surface area contributed by atoms with Gasteiger partial charge in [-0.15, -0.1) is 6.58 Å². The lowest BCUT2D eigenvalue weighted by atomic mass is 9.79. The minimum atomic E-state index is -0.820. The van der Waals surface area contributed by atoms with Crippen molar-refractivity contribution in [3.05, 3.63) is 96.6 Å². The van der Waals surface area contributed by atoms with E-state index >= 15 is 0 Å². The molecule has 3 aromatic carbocycles. The molecule has 1 aliphatic rings. The van der Waals surface area contributed by atoms with Gasteiger partial charge in [-0.2, -0.15) is 0 Å². The van der Waals surface area contributed by atoms with Crippen LogP contribution in [0.4, 0.5) is 8.78 Å². The monoisotopic (exact) mass is 402 g/mol. The first kappa shape index (κ1) is 20.5. The summed E-state index contributed by atoms with van der Waals surface area (Å²) in [5.74, 6) is -0.0560. The fraction of sp³-hybridized carbons (Fsp3) is 0.286. The summed E-state index contributed by atoms with van der Waals surface area (Å²) in [5.41, 5.74) is 5.24. The van der Waals surface area contributed by atoms with E-state index in [9.17, 15) is 8.78 Å². The zero-order chi connectivity index (χ0) is 20.9. The van der Waals surface area contributed by atoms with Crippen LogP contribution in [0.1, 0.15) is 37.7 Å². The molecule has 30 heavy (non-hydrogen) atoms. The van der Waals surface area contributed by atoms with Crippen LogP contribution < -0.4 is 0 Å². The molecule has 0 saturated heterocycles. The topological polar surface area (TPSA) is 0 Å². The SMILES string of the molecule is C=C[C@H]1CC[C@H](CCc2ccc(-c3ccc(-c4ccc(F)c(F)c4)cc3)cc2)CC1. The third-order valence-corrected chi connectivity index (χ3v) is 6.49. The minimum absolute atomic E-state index is 0.679. The van der Waals surface area contributed by atoms with E-state index in [2.05, 4.69) is 36.9 Å². The number of halogens is 2. The van der Waals surface area contributed by atoms with E-state index in [-0.39, 0.29) is 0 Å². The van der Waals surface area contributed by atoms with Gasteiger partial charge in [-0.3, -0.25) is 0 Å². The number of hydrogen-bond donors (Lipinski definition) is 0. The molecule has 0 radical (unpaired) electrons. The van der Waals surface area contributed by atoms with Crippen LogP contribution in [0.5, 0.6) is 0 Å². The van der Waals surface area contributed by atoms with Crippen molar-refractivity contribution in [3.8, 4) is 22.3 Å². The predicted molar refractivity (Wildman–Crippen MR) is 121 cm³/mol. The molecular formula is C28H28F2. The molecule has 0 bridgehead atoms. The normalized spacial score (nSPS) is 18.9. The van der Waals surface area contributed by atoms with Crippen LogP contribution in [-0.2, 0) is 6.42 Å². The quantitative estimate of drug-likeness (QED) is 0.364. The van der Waals surface area contributed by atoms with Crippen molar-refractivity contribution in [2.45, 2.75) is 38.5 Å². The van der Waals surface area contributed by atoms with Crippen LogP contribution in [0, 0.1) is 23.5 Å². The van der Waals surface area contributed by atoms with E-state index < -0.39 is 11.6 Å². The Bertz CT molecular complexity index is 978. The molecular weight excluding hydrogens is 374 g/mol. The van der Waals surface area contributed by atoms with Crippen LogP contribution in [0.3, 0.4) is 0 Å². The van der Waals surface area contributed by atoms with E-state index in [0.29, 0.717) is 5.56 Å². The largest absolute Gasteiger partial charge is 0.204 e. The maximum absolute atomic E-state index is 13.5. The van der Waals surface area contributed by atoms with E-state index in [0.717, 1.165) is 29.4 Å². The highest BCUT2D eigenvalue weighted by Crippen LogP contribution is 2.32. The molecule has 0 atom stereocenters. The molecule has 0 aliphatic heterocycles. The minimum Gasteiger partial charge on any atom is -0.204 e. The molecule has 0 unspecified atom stereocenters. The number of rotatable bonds is 6. The van der Waals surface area contributed by atoms with Gasteiger partial charge in [0, 0.05) is 0 Å². The average Bonchev–Trinajstić information content (AvgIpc) is 2.80. The van der Waals surface area contributed by atoms with Crippen molar-refractivity contribution < 1.29 is 8.78 Å². The molecule has 0 N–H and O–H groups in total. The molecule has 0 aromatic heterocycles. The average molecular weight is 403 g/mol. The predicted octanol–water partition coefficient (Wildman–Crippen LogP) is 8.22. The van der Waals surface area contributed by atoms with Crippen molar-refractivity contribution in [2.75, 3.05) is 0 Å². The van der Waals surface area contributed by atoms with Gasteiger partial charge in [-0.1, -0.05) is 60.7 Å². The summed E-state index contributed by atoms with van der Waals surface area (Å²) in [5, 5.41) is 0. The third kappa shape index (κ3) is 4.87. The first-order chi connectivity index (χ1) is 14.6. The van der Waals surface area contributed by atoms with Crippen molar-refractivity contribution in [3.63, 3.8) is 0 Å². The summed E-state index contributed by atoms with van der Waals surface area (Å²) < 4.78 is 26.6. The van der Waals surface area contributed by atoms with Crippen LogP contribution in [0.2, 0.25) is 0 Å². The Hall–Kier alpha value is -2.74. The molecule has 4 rings (SSSR count). The zero-order valence-electron chi connectivity index (χ0n) is 17.3. The zero-order valence-corrected chi connectivity index (χ0v) is 17.3. The Balaban J connectivity index is 1.36. The fourth-order valence-corrected chi connectivity index (χ4v) is 4.48. The van der Waals surface area contributed by atoms with Crippen molar-refractivity contribution in [1.82, 2.24) is 0 Å². The first-order valence-electron chi connectivity index (χ1n) is 10.9. The standard InChI is InChI=1S/C28H28F2/c1-2-20-3-5-21(6-4-20)7-8-22-9-11-23(12-10-22)24-13-15-25(16-14-24)26-17-18-27(29)28(30)19-26/h2,9-21H,1,3-8H2/t20-,21-. The highest BCUT2D eigenvalue weighted by atomic mass is 19.2. The molecule has 1 fully saturated rings. The van der Waals surface area contributed by atoms with Gasteiger partial charge in [-0.05, 0) is 90.3 Å². The second-order valence-electron chi connectivity index (χ2n) is 8.46. The third-order valence-electron chi connectivity index (χ3n) is 6.49. The summed E-state index contributed by atoms with van der Waals surface area (Å²) in [6.45, 7) is 3.93. The summed E-state index contributed by atoms with van der Waals surface area (Å²) >= 11 is 0. The highest BCUT2D eigenvalue weighted by molar-refractivity contribution is 5.70. The van der Waals surface area contributed by atoms with Crippen LogP contribution in [0.15, 0.2) is 79.4 Å².